The molecule has 0 aliphatic heterocycles. The summed E-state index contributed by atoms with van der Waals surface area (Å²) < 4.78 is 0. The Morgan fingerprint density at radius 1 is 1.29 bits per heavy atom. The molecule has 1 unspecified atom stereocenters. The van der Waals surface area contributed by atoms with Crippen LogP contribution in [0.5, 0.6) is 0 Å². The second-order valence-corrected chi connectivity index (χ2v) is 6.19. The van der Waals surface area contributed by atoms with Gasteiger partial charge in [-0.15, -0.1) is 0 Å². The first-order chi connectivity index (χ1) is 7.68. The molecule has 1 aliphatic rings. The van der Waals surface area contributed by atoms with Crippen molar-refractivity contribution in [3.8, 4) is 0 Å². The van der Waals surface area contributed by atoms with Crippen molar-refractivity contribution in [1.82, 2.24) is 5.32 Å². The summed E-state index contributed by atoms with van der Waals surface area (Å²) in [4.78, 5) is 23.0. The van der Waals surface area contributed by atoms with Gasteiger partial charge in [-0.3, -0.25) is 9.59 Å². The van der Waals surface area contributed by atoms with Crippen LogP contribution in [0, 0.1) is 10.8 Å². The largest absolute Gasteiger partial charge is 0.480 e. The molecular formula is C13H23NO3. The highest BCUT2D eigenvalue weighted by atomic mass is 16.4. The number of aliphatic carboxylic acids is 1. The lowest BCUT2D eigenvalue weighted by Gasteiger charge is -2.40. The van der Waals surface area contributed by atoms with E-state index in [1.165, 1.54) is 20.3 Å². The van der Waals surface area contributed by atoms with Crippen LogP contribution in [0.25, 0.3) is 0 Å². The van der Waals surface area contributed by atoms with Gasteiger partial charge >= 0.3 is 5.97 Å². The van der Waals surface area contributed by atoms with Gasteiger partial charge in [0, 0.05) is 6.04 Å². The molecule has 1 saturated carbocycles. The van der Waals surface area contributed by atoms with Gasteiger partial charge < -0.3 is 10.4 Å². The quantitative estimate of drug-likeness (QED) is 0.744. The highest BCUT2D eigenvalue weighted by Crippen LogP contribution is 2.35. The maximum Gasteiger partial charge on any atom is 0.318 e. The van der Waals surface area contributed by atoms with Gasteiger partial charge in [-0.25, -0.2) is 0 Å². The molecule has 0 spiro atoms. The topological polar surface area (TPSA) is 66.4 Å². The third-order valence-corrected chi connectivity index (χ3v) is 3.91. The minimum atomic E-state index is -1.35. The van der Waals surface area contributed by atoms with Crippen LogP contribution in [0.2, 0.25) is 0 Å². The normalized spacial score (nSPS) is 24.1. The number of hydrogen-bond acceptors (Lipinski definition) is 2. The van der Waals surface area contributed by atoms with E-state index in [0.717, 1.165) is 19.3 Å². The highest BCUT2D eigenvalue weighted by Gasteiger charge is 2.40. The van der Waals surface area contributed by atoms with Crippen molar-refractivity contribution in [2.45, 2.75) is 59.4 Å². The smallest absolute Gasteiger partial charge is 0.318 e. The molecule has 1 aliphatic carbocycles. The summed E-state index contributed by atoms with van der Waals surface area (Å²) in [6.45, 7) is 7.15. The van der Waals surface area contributed by atoms with E-state index in [1.807, 2.05) is 0 Å². The predicted octanol–water partition coefficient (Wildman–Crippen LogP) is 2.18. The third kappa shape index (κ3) is 2.99. The molecule has 1 rings (SSSR count). The number of nitrogens with one attached hydrogen (secondary N) is 1. The molecule has 0 bridgehead atoms. The Bertz CT molecular complexity index is 321. The molecule has 2 N–H and O–H groups in total. The lowest BCUT2D eigenvalue weighted by molar-refractivity contribution is -0.154. The molecule has 0 aromatic heterocycles. The second-order valence-electron chi connectivity index (χ2n) is 6.19. The first-order valence-electron chi connectivity index (χ1n) is 6.22. The predicted molar refractivity (Wildman–Crippen MR) is 65.6 cm³/mol. The fourth-order valence-corrected chi connectivity index (χ4v) is 2.20. The molecule has 0 aromatic carbocycles. The van der Waals surface area contributed by atoms with Gasteiger partial charge in [0.25, 0.3) is 0 Å². The Kier molecular flexibility index (Phi) is 3.84. The summed E-state index contributed by atoms with van der Waals surface area (Å²) >= 11 is 0. The molecule has 0 saturated heterocycles. The lowest BCUT2D eigenvalue weighted by Crippen LogP contribution is -2.52. The Labute approximate surface area is 103 Å². The standard InChI is InChI=1S/C13H23NO3/c1-12(2)8-6-5-7-9(12)14-10(15)13(3,4)11(16)17/h9H,5-8H2,1-4H3,(H,14,15)(H,16,17). The first kappa shape index (κ1) is 14.0. The van der Waals surface area contributed by atoms with Gasteiger partial charge in [-0.05, 0) is 32.1 Å². The summed E-state index contributed by atoms with van der Waals surface area (Å²) in [6.07, 6.45) is 4.30. The van der Waals surface area contributed by atoms with E-state index in [4.69, 9.17) is 5.11 Å². The molecule has 4 nitrogen and oxygen atoms in total. The summed E-state index contributed by atoms with van der Waals surface area (Å²) in [7, 11) is 0. The molecule has 1 fully saturated rings. The van der Waals surface area contributed by atoms with E-state index in [-0.39, 0.29) is 17.4 Å². The molecule has 1 atom stereocenters. The number of amides is 1. The zero-order valence-electron chi connectivity index (χ0n) is 11.2. The average Bonchev–Trinajstić information content (AvgIpc) is 2.20. The maximum atomic E-state index is 12.0. The van der Waals surface area contributed by atoms with Gasteiger partial charge in [-0.1, -0.05) is 26.7 Å². The van der Waals surface area contributed by atoms with Crippen LogP contribution in [-0.4, -0.2) is 23.0 Å². The molecule has 0 radical (unpaired) electrons. The SMILES string of the molecule is CC(C)(C(=O)O)C(=O)NC1CCCCC1(C)C. The molecule has 4 heteroatoms. The average molecular weight is 241 g/mol. The fourth-order valence-electron chi connectivity index (χ4n) is 2.20. The van der Waals surface area contributed by atoms with E-state index in [9.17, 15) is 9.59 Å². The molecule has 1 amide bonds. The van der Waals surface area contributed by atoms with Crippen molar-refractivity contribution in [2.75, 3.05) is 0 Å². The van der Waals surface area contributed by atoms with Crippen molar-refractivity contribution in [3.05, 3.63) is 0 Å². The first-order valence-corrected chi connectivity index (χ1v) is 6.22. The lowest BCUT2D eigenvalue weighted by atomic mass is 9.73. The van der Waals surface area contributed by atoms with E-state index < -0.39 is 11.4 Å². The van der Waals surface area contributed by atoms with Crippen LogP contribution >= 0.6 is 0 Å². The molecule has 17 heavy (non-hydrogen) atoms. The van der Waals surface area contributed by atoms with Crippen LogP contribution in [0.4, 0.5) is 0 Å². The Hall–Kier alpha value is -1.06. The van der Waals surface area contributed by atoms with Crippen molar-refractivity contribution in [1.29, 1.82) is 0 Å². The minimum Gasteiger partial charge on any atom is -0.480 e. The summed E-state index contributed by atoms with van der Waals surface area (Å²) in [5, 5.41) is 11.9. The number of rotatable bonds is 3. The zero-order valence-corrected chi connectivity index (χ0v) is 11.2. The van der Waals surface area contributed by atoms with Gasteiger partial charge in [-0.2, -0.15) is 0 Å². The van der Waals surface area contributed by atoms with Crippen molar-refractivity contribution >= 4 is 11.9 Å². The molecule has 0 aromatic rings. The zero-order chi connectivity index (χ0) is 13.3. The number of hydrogen-bond donors (Lipinski definition) is 2. The van der Waals surface area contributed by atoms with Crippen LogP contribution < -0.4 is 5.32 Å². The van der Waals surface area contributed by atoms with Crippen molar-refractivity contribution in [2.24, 2.45) is 10.8 Å². The number of carbonyl (C=O) groups is 2. The Morgan fingerprint density at radius 3 is 2.35 bits per heavy atom. The van der Waals surface area contributed by atoms with Crippen LogP contribution in [0.1, 0.15) is 53.4 Å². The van der Waals surface area contributed by atoms with E-state index >= 15 is 0 Å². The Morgan fingerprint density at radius 2 is 1.88 bits per heavy atom. The van der Waals surface area contributed by atoms with Gasteiger partial charge in [0.15, 0.2) is 0 Å². The van der Waals surface area contributed by atoms with Crippen LogP contribution in [-0.2, 0) is 9.59 Å². The monoisotopic (exact) mass is 241 g/mol. The highest BCUT2D eigenvalue weighted by molar-refractivity contribution is 6.01. The van der Waals surface area contributed by atoms with Crippen molar-refractivity contribution < 1.29 is 14.7 Å². The van der Waals surface area contributed by atoms with Crippen molar-refractivity contribution in [3.63, 3.8) is 0 Å². The third-order valence-electron chi connectivity index (χ3n) is 3.91. The second kappa shape index (κ2) is 4.67. The van der Waals surface area contributed by atoms with Gasteiger partial charge in [0.2, 0.25) is 5.91 Å². The number of carboxylic acids is 1. The van der Waals surface area contributed by atoms with Crippen LogP contribution in [0.15, 0.2) is 0 Å². The van der Waals surface area contributed by atoms with Gasteiger partial charge in [0.1, 0.15) is 5.41 Å². The summed E-state index contributed by atoms with van der Waals surface area (Å²) in [5.41, 5.74) is -1.30. The Balaban J connectivity index is 2.71. The summed E-state index contributed by atoms with van der Waals surface area (Å²) in [6, 6.07) is 0.0855. The fraction of sp³-hybridized carbons (Fsp3) is 0.846. The van der Waals surface area contributed by atoms with Crippen LogP contribution in [0.3, 0.4) is 0 Å². The number of carboxylic acid groups (broad SMARTS) is 1. The van der Waals surface area contributed by atoms with E-state index in [0.29, 0.717) is 0 Å². The minimum absolute atomic E-state index is 0.0580. The van der Waals surface area contributed by atoms with Gasteiger partial charge in [0.05, 0.1) is 0 Å². The van der Waals surface area contributed by atoms with E-state index in [2.05, 4.69) is 19.2 Å². The molecule has 98 valence electrons. The number of carbonyl (C=O) groups excluding carboxylic acids is 1. The molecular weight excluding hydrogens is 218 g/mol. The molecule has 0 heterocycles. The van der Waals surface area contributed by atoms with E-state index in [1.54, 1.807) is 0 Å². The summed E-state index contributed by atoms with van der Waals surface area (Å²) in [5.74, 6) is -1.46. The maximum absolute atomic E-state index is 12.0.